The highest BCUT2D eigenvalue weighted by atomic mass is 32.1. The van der Waals surface area contributed by atoms with Gasteiger partial charge >= 0.3 is 5.97 Å². The first-order chi connectivity index (χ1) is 15.0. The SMILES string of the molecule is CCOC(=O)c1c(NC(=O)c2cc3cccc(OCC)c3oc2=N)sc2c1CCCC2. The van der Waals surface area contributed by atoms with Gasteiger partial charge in [-0.25, -0.2) is 4.79 Å². The fourth-order valence-corrected chi connectivity index (χ4v) is 5.09. The number of amides is 1. The topological polar surface area (TPSA) is 102 Å². The molecule has 0 saturated carbocycles. The van der Waals surface area contributed by atoms with Crippen molar-refractivity contribution in [1.82, 2.24) is 0 Å². The first kappa shape index (κ1) is 21.1. The number of rotatable bonds is 6. The summed E-state index contributed by atoms with van der Waals surface area (Å²) < 4.78 is 16.4. The van der Waals surface area contributed by atoms with Gasteiger partial charge < -0.3 is 19.2 Å². The molecule has 0 radical (unpaired) electrons. The first-order valence-corrected chi connectivity index (χ1v) is 11.2. The molecule has 3 aromatic rings. The van der Waals surface area contributed by atoms with Crippen LogP contribution >= 0.6 is 11.3 Å². The molecular weight excluding hydrogens is 416 g/mol. The summed E-state index contributed by atoms with van der Waals surface area (Å²) in [5.41, 5.74) is 1.65. The second-order valence-electron chi connectivity index (χ2n) is 7.19. The number of hydrogen-bond donors (Lipinski definition) is 2. The van der Waals surface area contributed by atoms with Crippen molar-refractivity contribution in [1.29, 1.82) is 5.41 Å². The molecule has 4 rings (SSSR count). The highest BCUT2D eigenvalue weighted by molar-refractivity contribution is 7.17. The number of hydrogen-bond acceptors (Lipinski definition) is 7. The Morgan fingerprint density at radius 1 is 1.19 bits per heavy atom. The summed E-state index contributed by atoms with van der Waals surface area (Å²) in [6.07, 6.45) is 3.75. The smallest absolute Gasteiger partial charge is 0.341 e. The third-order valence-corrected chi connectivity index (χ3v) is 6.39. The van der Waals surface area contributed by atoms with Gasteiger partial charge in [0, 0.05) is 10.3 Å². The van der Waals surface area contributed by atoms with Crippen LogP contribution in [0.3, 0.4) is 0 Å². The maximum atomic E-state index is 13.1. The van der Waals surface area contributed by atoms with E-state index in [2.05, 4.69) is 5.32 Å². The van der Waals surface area contributed by atoms with Gasteiger partial charge in [-0.2, -0.15) is 0 Å². The summed E-state index contributed by atoms with van der Waals surface area (Å²) in [7, 11) is 0. The average molecular weight is 441 g/mol. The highest BCUT2D eigenvalue weighted by Crippen LogP contribution is 2.38. The lowest BCUT2D eigenvalue weighted by Crippen LogP contribution is -2.22. The molecule has 1 amide bonds. The van der Waals surface area contributed by atoms with E-state index in [1.165, 1.54) is 11.3 Å². The van der Waals surface area contributed by atoms with Crippen LogP contribution in [0.5, 0.6) is 5.75 Å². The molecule has 2 N–H and O–H groups in total. The molecule has 162 valence electrons. The number of aryl methyl sites for hydroxylation is 1. The molecule has 2 aromatic heterocycles. The second kappa shape index (κ2) is 8.93. The summed E-state index contributed by atoms with van der Waals surface area (Å²) in [4.78, 5) is 26.8. The Morgan fingerprint density at radius 3 is 2.77 bits per heavy atom. The number of fused-ring (bicyclic) bond motifs is 2. The van der Waals surface area contributed by atoms with Crippen LogP contribution in [0.25, 0.3) is 11.0 Å². The van der Waals surface area contributed by atoms with E-state index in [-0.39, 0.29) is 17.7 Å². The molecule has 7 nitrogen and oxygen atoms in total. The lowest BCUT2D eigenvalue weighted by Gasteiger charge is -2.12. The van der Waals surface area contributed by atoms with Crippen LogP contribution in [0, 0.1) is 5.41 Å². The predicted molar refractivity (Wildman–Crippen MR) is 118 cm³/mol. The molecule has 0 bridgehead atoms. The van der Waals surface area contributed by atoms with Crippen molar-refractivity contribution in [2.45, 2.75) is 39.5 Å². The van der Waals surface area contributed by atoms with Gasteiger partial charge in [0.15, 0.2) is 11.3 Å². The number of carbonyl (C=O) groups excluding carboxylic acids is 2. The van der Waals surface area contributed by atoms with E-state index >= 15 is 0 Å². The van der Waals surface area contributed by atoms with E-state index in [9.17, 15) is 9.59 Å². The van der Waals surface area contributed by atoms with Gasteiger partial charge in [-0.05, 0) is 57.2 Å². The Hall–Kier alpha value is -3.13. The van der Waals surface area contributed by atoms with Crippen LogP contribution in [0.1, 0.15) is 57.8 Å². The number of benzene rings is 1. The summed E-state index contributed by atoms with van der Waals surface area (Å²) in [6.45, 7) is 4.35. The first-order valence-electron chi connectivity index (χ1n) is 10.4. The molecule has 31 heavy (non-hydrogen) atoms. The van der Waals surface area contributed by atoms with Crippen molar-refractivity contribution in [3.63, 3.8) is 0 Å². The molecule has 0 aliphatic heterocycles. The predicted octanol–water partition coefficient (Wildman–Crippen LogP) is 4.68. The average Bonchev–Trinajstić information content (AvgIpc) is 3.12. The maximum Gasteiger partial charge on any atom is 0.341 e. The molecule has 1 aliphatic rings. The maximum absolute atomic E-state index is 13.1. The number of esters is 1. The number of carbonyl (C=O) groups is 2. The van der Waals surface area contributed by atoms with Gasteiger partial charge in [-0.15, -0.1) is 11.3 Å². The highest BCUT2D eigenvalue weighted by Gasteiger charge is 2.28. The number of anilines is 1. The van der Waals surface area contributed by atoms with Gasteiger partial charge in [0.2, 0.25) is 5.55 Å². The molecule has 0 atom stereocenters. The zero-order valence-electron chi connectivity index (χ0n) is 17.5. The van der Waals surface area contributed by atoms with E-state index in [0.29, 0.717) is 33.9 Å². The lowest BCUT2D eigenvalue weighted by molar-refractivity contribution is 0.0526. The molecule has 0 unspecified atom stereocenters. The zero-order chi connectivity index (χ0) is 22.0. The van der Waals surface area contributed by atoms with Crippen molar-refractivity contribution < 1.29 is 23.5 Å². The van der Waals surface area contributed by atoms with Gasteiger partial charge in [0.1, 0.15) is 10.6 Å². The van der Waals surface area contributed by atoms with Crippen LogP contribution in [0.2, 0.25) is 0 Å². The largest absolute Gasteiger partial charge is 0.490 e. The number of thiophene rings is 1. The fraction of sp³-hybridized carbons (Fsp3) is 0.348. The zero-order valence-corrected chi connectivity index (χ0v) is 18.3. The second-order valence-corrected chi connectivity index (χ2v) is 8.29. The van der Waals surface area contributed by atoms with Gasteiger partial charge in [-0.1, -0.05) is 12.1 Å². The number of nitrogens with one attached hydrogen (secondary N) is 2. The van der Waals surface area contributed by atoms with E-state index in [1.54, 1.807) is 31.2 Å². The van der Waals surface area contributed by atoms with Gasteiger partial charge in [0.25, 0.3) is 5.91 Å². The van der Waals surface area contributed by atoms with Crippen molar-refractivity contribution in [2.75, 3.05) is 18.5 Å². The fourth-order valence-electron chi connectivity index (χ4n) is 3.82. The molecule has 8 heteroatoms. The minimum atomic E-state index is -0.499. The molecule has 1 aliphatic carbocycles. The third kappa shape index (κ3) is 4.07. The van der Waals surface area contributed by atoms with Gasteiger partial charge in [-0.3, -0.25) is 10.2 Å². The van der Waals surface area contributed by atoms with Crippen molar-refractivity contribution in [3.8, 4) is 5.75 Å². The molecule has 0 spiro atoms. The minimum absolute atomic E-state index is 0.0855. The minimum Gasteiger partial charge on any atom is -0.490 e. The Labute approximate surface area is 183 Å². The van der Waals surface area contributed by atoms with E-state index in [0.717, 1.165) is 36.1 Å². The summed E-state index contributed by atoms with van der Waals surface area (Å²) in [6, 6.07) is 6.97. The summed E-state index contributed by atoms with van der Waals surface area (Å²) in [5.74, 6) is -0.398. The molecule has 1 aromatic carbocycles. The normalized spacial score (nSPS) is 13.0. The standard InChI is InChI=1S/C23H24N2O5S/c1-3-28-16-10-7-8-13-12-15(20(24)30-19(13)16)21(26)25-22-18(23(27)29-4-2)14-9-5-6-11-17(14)31-22/h7-8,10,12,24H,3-6,9,11H2,1-2H3,(H,25,26). The van der Waals surface area contributed by atoms with Crippen molar-refractivity contribution in [3.05, 3.63) is 51.4 Å². The van der Waals surface area contributed by atoms with E-state index in [4.69, 9.17) is 19.3 Å². The number of ether oxygens (including phenoxy) is 2. The van der Waals surface area contributed by atoms with Crippen LogP contribution in [0.4, 0.5) is 5.00 Å². The van der Waals surface area contributed by atoms with Crippen LogP contribution in [-0.4, -0.2) is 25.1 Å². The Morgan fingerprint density at radius 2 is 2.00 bits per heavy atom. The molecule has 0 saturated heterocycles. The van der Waals surface area contributed by atoms with Gasteiger partial charge in [0.05, 0.1) is 18.8 Å². The monoisotopic (exact) mass is 440 g/mol. The number of para-hydroxylation sites is 1. The summed E-state index contributed by atoms with van der Waals surface area (Å²) in [5, 5.41) is 12.2. The van der Waals surface area contributed by atoms with Crippen LogP contribution < -0.4 is 15.6 Å². The Balaban J connectivity index is 1.71. The van der Waals surface area contributed by atoms with E-state index < -0.39 is 11.9 Å². The van der Waals surface area contributed by atoms with E-state index in [1.807, 2.05) is 6.92 Å². The third-order valence-electron chi connectivity index (χ3n) is 5.18. The molecule has 0 fully saturated rings. The summed E-state index contributed by atoms with van der Waals surface area (Å²) >= 11 is 1.41. The van der Waals surface area contributed by atoms with Crippen LogP contribution in [-0.2, 0) is 17.6 Å². The van der Waals surface area contributed by atoms with Crippen molar-refractivity contribution in [2.24, 2.45) is 0 Å². The van der Waals surface area contributed by atoms with Crippen molar-refractivity contribution >= 4 is 39.2 Å². The Bertz CT molecular complexity index is 1210. The van der Waals surface area contributed by atoms with Crippen LogP contribution in [0.15, 0.2) is 28.7 Å². The quantitative estimate of drug-likeness (QED) is 0.542. The Kier molecular flexibility index (Phi) is 6.08. The lowest BCUT2D eigenvalue weighted by atomic mass is 9.95. The molecular formula is C23H24N2O5S. The molecule has 2 heterocycles.